The van der Waals surface area contributed by atoms with Gasteiger partial charge in [-0.2, -0.15) is 0 Å². The van der Waals surface area contributed by atoms with Crippen molar-refractivity contribution in [2.24, 2.45) is 7.05 Å². The third-order valence-corrected chi connectivity index (χ3v) is 7.11. The van der Waals surface area contributed by atoms with Crippen molar-refractivity contribution in [3.63, 3.8) is 0 Å². The largest absolute Gasteiger partial charge is 0.486 e. The molecule has 1 saturated heterocycles. The lowest BCUT2D eigenvalue weighted by molar-refractivity contribution is 0.0649. The van der Waals surface area contributed by atoms with Crippen molar-refractivity contribution in [2.75, 3.05) is 13.1 Å². The summed E-state index contributed by atoms with van der Waals surface area (Å²) in [4.78, 5) is 33.4. The standard InChI is InChI=1S/C30H31N3O3/c1-20-10-7-8-13-23(20)27(34)15-14-24-25(30(35)33-16-9-17-33)18-26-28(31-21(2)32(26)3)29(24)36-19-22-11-5-4-6-12-22/h4-8,10-13,18H,9,14-17,19H2,1-3H3. The summed E-state index contributed by atoms with van der Waals surface area (Å²) in [5.41, 5.74) is 5.64. The second-order valence-electron chi connectivity index (χ2n) is 9.48. The van der Waals surface area contributed by atoms with Gasteiger partial charge < -0.3 is 14.2 Å². The highest BCUT2D eigenvalue weighted by Gasteiger charge is 2.28. The molecule has 0 bridgehead atoms. The molecule has 3 aromatic carbocycles. The van der Waals surface area contributed by atoms with Crippen molar-refractivity contribution in [1.29, 1.82) is 0 Å². The van der Waals surface area contributed by atoms with Crippen LogP contribution in [0, 0.1) is 13.8 Å². The van der Waals surface area contributed by atoms with Gasteiger partial charge in [-0.1, -0.05) is 54.6 Å². The summed E-state index contributed by atoms with van der Waals surface area (Å²) in [6.45, 7) is 5.75. The highest BCUT2D eigenvalue weighted by molar-refractivity contribution is 6.02. The van der Waals surface area contributed by atoms with Crippen molar-refractivity contribution in [3.05, 3.63) is 94.3 Å². The second-order valence-corrected chi connectivity index (χ2v) is 9.48. The van der Waals surface area contributed by atoms with E-state index in [2.05, 4.69) is 0 Å². The fourth-order valence-electron chi connectivity index (χ4n) is 4.72. The smallest absolute Gasteiger partial charge is 0.254 e. The lowest BCUT2D eigenvalue weighted by Gasteiger charge is -2.32. The minimum Gasteiger partial charge on any atom is -0.486 e. The molecular formula is C30H31N3O3. The second kappa shape index (κ2) is 9.97. The van der Waals surface area contributed by atoms with Crippen LogP contribution in [-0.4, -0.2) is 39.2 Å². The number of carbonyl (C=O) groups is 2. The van der Waals surface area contributed by atoms with E-state index in [1.807, 2.05) is 91.0 Å². The van der Waals surface area contributed by atoms with Gasteiger partial charge in [0.1, 0.15) is 17.9 Å². The maximum Gasteiger partial charge on any atom is 0.254 e. The Labute approximate surface area is 211 Å². The zero-order valence-corrected chi connectivity index (χ0v) is 21.1. The molecular weight excluding hydrogens is 450 g/mol. The zero-order valence-electron chi connectivity index (χ0n) is 21.1. The summed E-state index contributed by atoms with van der Waals surface area (Å²) in [6.07, 6.45) is 1.69. The van der Waals surface area contributed by atoms with Crippen LogP contribution >= 0.6 is 0 Å². The molecule has 1 aliphatic rings. The number of hydrogen-bond donors (Lipinski definition) is 0. The lowest BCUT2D eigenvalue weighted by atomic mass is 9.94. The molecule has 0 aliphatic carbocycles. The van der Waals surface area contributed by atoms with E-state index in [-0.39, 0.29) is 18.1 Å². The third-order valence-electron chi connectivity index (χ3n) is 7.11. The number of imidazole rings is 1. The number of fused-ring (bicyclic) bond motifs is 1. The molecule has 184 valence electrons. The molecule has 5 rings (SSSR count). The van der Waals surface area contributed by atoms with Crippen LogP contribution in [0.3, 0.4) is 0 Å². The van der Waals surface area contributed by atoms with Crippen LogP contribution in [0.5, 0.6) is 5.75 Å². The molecule has 0 N–H and O–H groups in total. The van der Waals surface area contributed by atoms with Crippen LogP contribution in [0.25, 0.3) is 11.0 Å². The number of ketones is 1. The molecule has 0 radical (unpaired) electrons. The summed E-state index contributed by atoms with van der Waals surface area (Å²) < 4.78 is 8.42. The van der Waals surface area contributed by atoms with Crippen LogP contribution in [0.4, 0.5) is 0 Å². The minimum absolute atomic E-state index is 0.00935. The van der Waals surface area contributed by atoms with E-state index < -0.39 is 0 Å². The molecule has 2 heterocycles. The van der Waals surface area contributed by atoms with Crippen LogP contribution in [-0.2, 0) is 20.1 Å². The summed E-state index contributed by atoms with van der Waals surface area (Å²) in [5.74, 6) is 1.48. The Morgan fingerprint density at radius 1 is 0.972 bits per heavy atom. The van der Waals surface area contributed by atoms with E-state index in [9.17, 15) is 9.59 Å². The van der Waals surface area contributed by atoms with Gasteiger partial charge in [-0.25, -0.2) is 4.98 Å². The molecule has 36 heavy (non-hydrogen) atoms. The molecule has 4 aromatic rings. The van der Waals surface area contributed by atoms with Gasteiger partial charge in [0.25, 0.3) is 5.91 Å². The molecule has 0 spiro atoms. The number of aryl methyl sites for hydroxylation is 3. The van der Waals surface area contributed by atoms with Crippen LogP contribution in [0.2, 0.25) is 0 Å². The van der Waals surface area contributed by atoms with Crippen LogP contribution in [0.1, 0.15) is 56.1 Å². The first-order valence-corrected chi connectivity index (χ1v) is 12.5. The Bertz CT molecular complexity index is 1440. The Hall–Kier alpha value is -3.93. The normalized spacial score (nSPS) is 13.0. The van der Waals surface area contributed by atoms with Crippen molar-refractivity contribution in [3.8, 4) is 5.75 Å². The molecule has 1 aromatic heterocycles. The predicted molar refractivity (Wildman–Crippen MR) is 141 cm³/mol. The van der Waals surface area contributed by atoms with Gasteiger partial charge >= 0.3 is 0 Å². The van der Waals surface area contributed by atoms with Gasteiger partial charge in [-0.15, -0.1) is 0 Å². The Kier molecular flexibility index (Phi) is 6.59. The van der Waals surface area contributed by atoms with Gasteiger partial charge in [0.05, 0.1) is 5.52 Å². The Morgan fingerprint density at radius 3 is 2.39 bits per heavy atom. The molecule has 0 saturated carbocycles. The number of aromatic nitrogens is 2. The summed E-state index contributed by atoms with van der Waals surface area (Å²) >= 11 is 0. The van der Waals surface area contributed by atoms with E-state index in [1.54, 1.807) is 0 Å². The monoisotopic (exact) mass is 481 g/mol. The summed E-state index contributed by atoms with van der Waals surface area (Å²) in [6, 6.07) is 19.5. The van der Waals surface area contributed by atoms with Crippen molar-refractivity contribution in [1.82, 2.24) is 14.5 Å². The summed E-state index contributed by atoms with van der Waals surface area (Å²) in [5, 5.41) is 0. The maximum absolute atomic E-state index is 13.6. The molecule has 6 heteroatoms. The van der Waals surface area contributed by atoms with E-state index in [0.717, 1.165) is 58.6 Å². The number of carbonyl (C=O) groups excluding carboxylic acids is 2. The number of benzene rings is 3. The number of hydrogen-bond acceptors (Lipinski definition) is 4. The number of likely N-dealkylation sites (tertiary alicyclic amines) is 1. The van der Waals surface area contributed by atoms with Crippen molar-refractivity contribution >= 4 is 22.7 Å². The first-order chi connectivity index (χ1) is 17.4. The Balaban J connectivity index is 1.58. The molecule has 0 unspecified atom stereocenters. The maximum atomic E-state index is 13.6. The number of Topliss-reactive ketones (excluding diaryl/α,β-unsaturated/α-hetero) is 1. The molecule has 0 atom stereocenters. The number of nitrogens with zero attached hydrogens (tertiary/aromatic N) is 3. The highest BCUT2D eigenvalue weighted by atomic mass is 16.5. The SMILES string of the molecule is Cc1ccccc1C(=O)CCc1c(C(=O)N2CCC2)cc2c(nc(C)n2C)c1OCc1ccccc1. The van der Waals surface area contributed by atoms with Gasteiger partial charge in [0, 0.05) is 43.2 Å². The van der Waals surface area contributed by atoms with Gasteiger partial charge in [0.15, 0.2) is 11.5 Å². The van der Waals surface area contributed by atoms with E-state index >= 15 is 0 Å². The van der Waals surface area contributed by atoms with E-state index in [4.69, 9.17) is 9.72 Å². The molecule has 1 fully saturated rings. The number of rotatable bonds is 8. The number of amides is 1. The predicted octanol–water partition coefficient (Wildman–Crippen LogP) is 5.43. The topological polar surface area (TPSA) is 64.4 Å². The average molecular weight is 482 g/mol. The summed E-state index contributed by atoms with van der Waals surface area (Å²) in [7, 11) is 1.95. The highest BCUT2D eigenvalue weighted by Crippen LogP contribution is 2.36. The van der Waals surface area contributed by atoms with E-state index in [1.165, 1.54) is 0 Å². The zero-order chi connectivity index (χ0) is 25.2. The quantitative estimate of drug-likeness (QED) is 0.315. The Morgan fingerprint density at radius 2 is 1.69 bits per heavy atom. The third kappa shape index (κ3) is 4.51. The minimum atomic E-state index is -0.00935. The fourth-order valence-corrected chi connectivity index (χ4v) is 4.72. The fraction of sp³-hybridized carbons (Fsp3) is 0.300. The lowest BCUT2D eigenvalue weighted by Crippen LogP contribution is -2.42. The van der Waals surface area contributed by atoms with Crippen molar-refractivity contribution < 1.29 is 14.3 Å². The van der Waals surface area contributed by atoms with Crippen molar-refractivity contribution in [2.45, 2.75) is 39.7 Å². The number of ether oxygens (including phenoxy) is 1. The van der Waals surface area contributed by atoms with Crippen LogP contribution < -0.4 is 4.74 Å². The van der Waals surface area contributed by atoms with Crippen LogP contribution in [0.15, 0.2) is 60.7 Å². The average Bonchev–Trinajstić information content (AvgIpc) is 3.14. The van der Waals surface area contributed by atoms with Gasteiger partial charge in [0.2, 0.25) is 0 Å². The van der Waals surface area contributed by atoms with Gasteiger partial charge in [-0.05, 0) is 43.9 Å². The molecule has 1 aliphatic heterocycles. The first-order valence-electron chi connectivity index (χ1n) is 12.5. The molecule has 6 nitrogen and oxygen atoms in total. The van der Waals surface area contributed by atoms with Gasteiger partial charge in [-0.3, -0.25) is 9.59 Å². The van der Waals surface area contributed by atoms with E-state index in [0.29, 0.717) is 24.3 Å². The first kappa shape index (κ1) is 23.8. The molecule has 1 amide bonds.